The van der Waals surface area contributed by atoms with Gasteiger partial charge in [-0.25, -0.2) is 4.39 Å². The summed E-state index contributed by atoms with van der Waals surface area (Å²) >= 11 is 5.67. The van der Waals surface area contributed by atoms with Crippen LogP contribution in [0.4, 0.5) is 4.39 Å². The van der Waals surface area contributed by atoms with E-state index in [4.69, 9.17) is 16.3 Å². The molecule has 0 unspecified atom stereocenters. The summed E-state index contributed by atoms with van der Waals surface area (Å²) in [6.45, 7) is 3.98. The molecule has 0 amide bonds. The van der Waals surface area contributed by atoms with E-state index in [0.29, 0.717) is 5.75 Å². The Morgan fingerprint density at radius 2 is 2.14 bits per heavy atom. The van der Waals surface area contributed by atoms with E-state index in [1.54, 1.807) is 0 Å². The molecule has 1 heterocycles. The molecule has 0 saturated carbocycles. The van der Waals surface area contributed by atoms with Gasteiger partial charge in [-0.1, -0.05) is 11.6 Å². The molecular weight excluding hydrogens is 203 g/mol. The lowest BCUT2D eigenvalue weighted by molar-refractivity contribution is 0.0986. The first-order valence-electron chi connectivity index (χ1n) is 4.49. The summed E-state index contributed by atoms with van der Waals surface area (Å²) in [5.41, 5.74) is 0.556. The van der Waals surface area contributed by atoms with Gasteiger partial charge in [0.1, 0.15) is 17.2 Å². The first-order valence-corrected chi connectivity index (χ1v) is 4.87. The lowest BCUT2D eigenvalue weighted by atomic mass is 9.94. The summed E-state index contributed by atoms with van der Waals surface area (Å²) in [6.07, 6.45) is 2.75. The first-order chi connectivity index (χ1) is 6.48. The van der Waals surface area contributed by atoms with Crippen LogP contribution in [0.3, 0.4) is 0 Å². The van der Waals surface area contributed by atoms with Crippen LogP contribution in [0.1, 0.15) is 25.8 Å². The van der Waals surface area contributed by atoms with Crippen LogP contribution >= 0.6 is 11.6 Å². The number of fused-ring (bicyclic) bond motifs is 1. The van der Waals surface area contributed by atoms with E-state index in [0.717, 1.165) is 12.0 Å². The Morgan fingerprint density at radius 3 is 2.86 bits per heavy atom. The number of hydrogen-bond acceptors (Lipinski definition) is 1. The van der Waals surface area contributed by atoms with E-state index in [2.05, 4.69) is 0 Å². The van der Waals surface area contributed by atoms with Crippen molar-refractivity contribution in [1.29, 1.82) is 0 Å². The SMILES string of the molecule is CC1(C)C[CH]c2cc(F)c(Cl)cc2O1. The Bertz CT molecular complexity index is 374. The highest BCUT2D eigenvalue weighted by Gasteiger charge is 2.27. The summed E-state index contributed by atoms with van der Waals surface area (Å²) in [7, 11) is 0. The zero-order chi connectivity index (χ0) is 10.3. The lowest BCUT2D eigenvalue weighted by Crippen LogP contribution is -2.31. The Hall–Kier alpha value is -0.760. The third-order valence-electron chi connectivity index (χ3n) is 2.25. The number of ether oxygens (including phenoxy) is 1. The van der Waals surface area contributed by atoms with Crippen LogP contribution in [-0.4, -0.2) is 5.60 Å². The second-order valence-corrected chi connectivity index (χ2v) is 4.48. The van der Waals surface area contributed by atoms with E-state index in [1.807, 2.05) is 20.3 Å². The number of rotatable bonds is 0. The van der Waals surface area contributed by atoms with E-state index in [-0.39, 0.29) is 10.6 Å². The third kappa shape index (κ3) is 1.71. The van der Waals surface area contributed by atoms with E-state index in [1.165, 1.54) is 12.1 Å². The maximum Gasteiger partial charge on any atom is 0.142 e. The van der Waals surface area contributed by atoms with Gasteiger partial charge in [0, 0.05) is 11.6 Å². The summed E-state index contributed by atoms with van der Waals surface area (Å²) < 4.78 is 18.8. The van der Waals surface area contributed by atoms with Crippen molar-refractivity contribution >= 4 is 11.6 Å². The van der Waals surface area contributed by atoms with Crippen LogP contribution in [0.15, 0.2) is 12.1 Å². The van der Waals surface area contributed by atoms with Crippen LogP contribution in [-0.2, 0) is 0 Å². The molecule has 1 nitrogen and oxygen atoms in total. The van der Waals surface area contributed by atoms with Crippen LogP contribution in [0.5, 0.6) is 5.75 Å². The fourth-order valence-corrected chi connectivity index (χ4v) is 1.64. The zero-order valence-electron chi connectivity index (χ0n) is 8.10. The van der Waals surface area contributed by atoms with Crippen LogP contribution in [0.25, 0.3) is 0 Å². The standard InChI is InChI=1S/C11H11ClFO/c1-11(2)4-3-7-5-9(13)8(12)6-10(7)14-11/h3,5-6H,4H2,1-2H3. The Labute approximate surface area is 87.8 Å². The van der Waals surface area contributed by atoms with Crippen LogP contribution in [0, 0.1) is 12.2 Å². The summed E-state index contributed by atoms with van der Waals surface area (Å²) in [4.78, 5) is 0. The van der Waals surface area contributed by atoms with Gasteiger partial charge in [-0.05, 0) is 32.8 Å². The highest BCUT2D eigenvalue weighted by Crippen LogP contribution is 2.36. The molecule has 1 aromatic carbocycles. The summed E-state index contributed by atoms with van der Waals surface area (Å²) in [5.74, 6) is 0.262. The van der Waals surface area contributed by atoms with Crippen molar-refractivity contribution in [2.24, 2.45) is 0 Å². The van der Waals surface area contributed by atoms with Gasteiger partial charge < -0.3 is 4.74 Å². The molecule has 0 atom stereocenters. The molecule has 0 bridgehead atoms. The highest BCUT2D eigenvalue weighted by molar-refractivity contribution is 6.30. The maximum atomic E-state index is 13.1. The van der Waals surface area contributed by atoms with Crippen molar-refractivity contribution < 1.29 is 9.13 Å². The van der Waals surface area contributed by atoms with Gasteiger partial charge in [-0.2, -0.15) is 0 Å². The second-order valence-electron chi connectivity index (χ2n) is 4.07. The monoisotopic (exact) mass is 213 g/mol. The maximum absolute atomic E-state index is 13.1. The summed E-state index contributed by atoms with van der Waals surface area (Å²) in [5, 5.41) is 0.106. The van der Waals surface area contributed by atoms with Crippen LogP contribution < -0.4 is 4.74 Å². The molecule has 75 valence electrons. The van der Waals surface area contributed by atoms with Crippen molar-refractivity contribution in [3.8, 4) is 5.75 Å². The number of hydrogen-bond donors (Lipinski definition) is 0. The van der Waals surface area contributed by atoms with Gasteiger partial charge in [0.2, 0.25) is 0 Å². The van der Waals surface area contributed by atoms with Crippen molar-refractivity contribution in [2.75, 3.05) is 0 Å². The fraction of sp³-hybridized carbons (Fsp3) is 0.364. The van der Waals surface area contributed by atoms with Gasteiger partial charge in [0.15, 0.2) is 0 Å². The average Bonchev–Trinajstić information content (AvgIpc) is 2.07. The molecule has 0 N–H and O–H groups in total. The minimum atomic E-state index is -0.398. The Kier molecular flexibility index (Phi) is 2.18. The lowest BCUT2D eigenvalue weighted by Gasteiger charge is -2.32. The molecule has 2 rings (SSSR count). The van der Waals surface area contributed by atoms with Crippen molar-refractivity contribution in [1.82, 2.24) is 0 Å². The largest absolute Gasteiger partial charge is 0.487 e. The Morgan fingerprint density at radius 1 is 1.43 bits per heavy atom. The molecule has 0 fully saturated rings. The molecule has 3 heteroatoms. The number of benzene rings is 1. The van der Waals surface area contributed by atoms with Crippen molar-refractivity contribution in [3.63, 3.8) is 0 Å². The molecule has 1 aromatic rings. The van der Waals surface area contributed by atoms with Gasteiger partial charge >= 0.3 is 0 Å². The average molecular weight is 214 g/mol. The second kappa shape index (κ2) is 3.13. The molecule has 1 aliphatic rings. The topological polar surface area (TPSA) is 9.23 Å². The van der Waals surface area contributed by atoms with Gasteiger partial charge in [-0.15, -0.1) is 0 Å². The van der Waals surface area contributed by atoms with Gasteiger partial charge in [0.25, 0.3) is 0 Å². The summed E-state index contributed by atoms with van der Waals surface area (Å²) in [6, 6.07) is 2.94. The molecule has 1 radical (unpaired) electrons. The van der Waals surface area contributed by atoms with E-state index in [9.17, 15) is 4.39 Å². The number of halogens is 2. The minimum absolute atomic E-state index is 0.106. The molecule has 0 spiro atoms. The van der Waals surface area contributed by atoms with Crippen molar-refractivity contribution in [2.45, 2.75) is 25.9 Å². The Balaban J connectivity index is 2.43. The van der Waals surface area contributed by atoms with Gasteiger partial charge in [0.05, 0.1) is 5.02 Å². The molecule has 1 aliphatic heterocycles. The molecular formula is C11H11ClFO. The van der Waals surface area contributed by atoms with Gasteiger partial charge in [-0.3, -0.25) is 0 Å². The quantitative estimate of drug-likeness (QED) is 0.640. The smallest absolute Gasteiger partial charge is 0.142 e. The third-order valence-corrected chi connectivity index (χ3v) is 2.54. The predicted octanol–water partition coefficient (Wildman–Crippen LogP) is 3.59. The fourth-order valence-electron chi connectivity index (χ4n) is 1.49. The first kappa shape index (κ1) is 9.78. The minimum Gasteiger partial charge on any atom is -0.487 e. The predicted molar refractivity (Wildman–Crippen MR) is 54.1 cm³/mol. The van der Waals surface area contributed by atoms with Crippen molar-refractivity contribution in [3.05, 3.63) is 35.0 Å². The molecule has 0 aromatic heterocycles. The zero-order valence-corrected chi connectivity index (χ0v) is 8.86. The van der Waals surface area contributed by atoms with E-state index >= 15 is 0 Å². The molecule has 0 aliphatic carbocycles. The van der Waals surface area contributed by atoms with Crippen LogP contribution in [0.2, 0.25) is 5.02 Å². The molecule has 14 heavy (non-hydrogen) atoms. The highest BCUT2D eigenvalue weighted by atomic mass is 35.5. The normalized spacial score (nSPS) is 18.6. The van der Waals surface area contributed by atoms with E-state index < -0.39 is 5.82 Å². The molecule has 0 saturated heterocycles.